The summed E-state index contributed by atoms with van der Waals surface area (Å²) in [6.45, 7) is 0.364. The van der Waals surface area contributed by atoms with Gasteiger partial charge in [0, 0.05) is 74.6 Å². The molecular weight excluding hydrogens is 410 g/mol. The number of hydrogen-bond acceptors (Lipinski definition) is 10. The fraction of sp³-hybridized carbons (Fsp3) is 0.167. The van der Waals surface area contributed by atoms with Crippen LogP contribution >= 0.6 is 0 Å². The van der Waals surface area contributed by atoms with Crippen LogP contribution in [0.15, 0.2) is 55.0 Å². The van der Waals surface area contributed by atoms with Crippen molar-refractivity contribution in [3.05, 3.63) is 102 Å². The second kappa shape index (κ2) is 9.41. The third-order valence-corrected chi connectivity index (χ3v) is 4.19. The molecule has 0 aliphatic heterocycles. The van der Waals surface area contributed by atoms with E-state index in [1.165, 1.54) is 55.0 Å². The summed E-state index contributed by atoms with van der Waals surface area (Å²) in [7, 11) is 0. The highest BCUT2D eigenvalue weighted by molar-refractivity contribution is 5.32. The first-order chi connectivity index (χ1) is 14.8. The Morgan fingerprint density at radius 3 is 1.16 bits per heavy atom. The molecule has 13 heteroatoms. The Morgan fingerprint density at radius 2 is 0.903 bits per heavy atom. The van der Waals surface area contributed by atoms with E-state index >= 15 is 0 Å². The van der Waals surface area contributed by atoms with E-state index in [0.717, 1.165) is 0 Å². The molecule has 0 amide bonds. The van der Waals surface area contributed by atoms with E-state index in [0.29, 0.717) is 17.1 Å². The van der Waals surface area contributed by atoms with Crippen LogP contribution in [0.1, 0.15) is 17.1 Å². The zero-order valence-corrected chi connectivity index (χ0v) is 15.9. The molecule has 0 spiro atoms. The molecular formula is C18H15N7O6. The Kier molecular flexibility index (Phi) is 6.47. The highest BCUT2D eigenvalue weighted by Crippen LogP contribution is 2.19. The summed E-state index contributed by atoms with van der Waals surface area (Å²) in [5.41, 5.74) is 0.742. The van der Waals surface area contributed by atoms with Crippen molar-refractivity contribution in [2.45, 2.75) is 19.6 Å². The lowest BCUT2D eigenvalue weighted by Gasteiger charge is -2.21. The second-order valence-corrected chi connectivity index (χ2v) is 6.43. The van der Waals surface area contributed by atoms with Crippen LogP contribution in [0.4, 0.5) is 17.1 Å². The topological polar surface area (TPSA) is 171 Å². The molecule has 3 aromatic rings. The summed E-state index contributed by atoms with van der Waals surface area (Å²) < 4.78 is 0. The van der Waals surface area contributed by atoms with Crippen LogP contribution in [0.3, 0.4) is 0 Å². The Balaban J connectivity index is 1.89. The standard InChI is InChI=1S/C18H15N7O6/c26-23(27)16-1-4-19-13(7-16)10-22(11-14-8-17(24(28)29)2-5-20-14)12-15-9-18(25(30)31)3-6-21-15/h1-9H,10-12H2. The lowest BCUT2D eigenvalue weighted by atomic mass is 10.2. The molecule has 3 heterocycles. The van der Waals surface area contributed by atoms with Crippen LogP contribution in [0.2, 0.25) is 0 Å². The van der Waals surface area contributed by atoms with E-state index < -0.39 is 14.8 Å². The van der Waals surface area contributed by atoms with Crippen LogP contribution < -0.4 is 0 Å². The van der Waals surface area contributed by atoms with Gasteiger partial charge in [-0.3, -0.25) is 50.2 Å². The average molecular weight is 425 g/mol. The van der Waals surface area contributed by atoms with Gasteiger partial charge in [-0.15, -0.1) is 0 Å². The van der Waals surface area contributed by atoms with Gasteiger partial charge >= 0.3 is 0 Å². The lowest BCUT2D eigenvalue weighted by Crippen LogP contribution is -2.24. The van der Waals surface area contributed by atoms with Crippen molar-refractivity contribution in [1.29, 1.82) is 0 Å². The second-order valence-electron chi connectivity index (χ2n) is 6.43. The summed E-state index contributed by atoms with van der Waals surface area (Å²) in [4.78, 5) is 45.6. The molecule has 0 unspecified atom stereocenters. The van der Waals surface area contributed by atoms with Crippen molar-refractivity contribution in [3.8, 4) is 0 Å². The average Bonchev–Trinajstić information content (AvgIpc) is 2.74. The molecule has 158 valence electrons. The van der Waals surface area contributed by atoms with Crippen molar-refractivity contribution in [2.75, 3.05) is 0 Å². The zero-order chi connectivity index (χ0) is 22.4. The van der Waals surface area contributed by atoms with Crippen molar-refractivity contribution < 1.29 is 14.8 Å². The molecule has 0 aromatic carbocycles. The lowest BCUT2D eigenvalue weighted by molar-refractivity contribution is -0.385. The zero-order valence-electron chi connectivity index (χ0n) is 15.9. The number of hydrogen-bond donors (Lipinski definition) is 0. The fourth-order valence-electron chi connectivity index (χ4n) is 2.85. The van der Waals surface area contributed by atoms with Crippen LogP contribution in [0, 0.1) is 30.3 Å². The Morgan fingerprint density at radius 1 is 0.613 bits per heavy atom. The summed E-state index contributed by atoms with van der Waals surface area (Å²) in [6, 6.07) is 7.73. The first-order valence-electron chi connectivity index (χ1n) is 8.82. The van der Waals surface area contributed by atoms with Gasteiger partial charge in [0.15, 0.2) is 0 Å². The molecule has 31 heavy (non-hydrogen) atoms. The number of rotatable bonds is 9. The first-order valence-corrected chi connectivity index (χ1v) is 8.82. The SMILES string of the molecule is O=[N+]([O-])c1ccnc(CN(Cc2cc([N+](=O)[O-])ccn2)Cc2cc([N+](=O)[O-])ccn2)c1. The summed E-state index contributed by atoms with van der Waals surface area (Å²) in [5.74, 6) is 0. The quantitative estimate of drug-likeness (QED) is 0.366. The summed E-state index contributed by atoms with van der Waals surface area (Å²) in [6.07, 6.45) is 3.93. The van der Waals surface area contributed by atoms with Gasteiger partial charge in [0.1, 0.15) is 0 Å². The van der Waals surface area contributed by atoms with E-state index in [1.54, 1.807) is 4.90 Å². The Labute approximate surface area is 174 Å². The number of nitro groups is 3. The van der Waals surface area contributed by atoms with E-state index in [-0.39, 0.29) is 36.7 Å². The third-order valence-electron chi connectivity index (χ3n) is 4.19. The van der Waals surface area contributed by atoms with Crippen LogP contribution in [0.25, 0.3) is 0 Å². The highest BCUT2D eigenvalue weighted by Gasteiger charge is 2.17. The van der Waals surface area contributed by atoms with Gasteiger partial charge < -0.3 is 0 Å². The van der Waals surface area contributed by atoms with Gasteiger partial charge in [-0.2, -0.15) is 0 Å². The van der Waals surface area contributed by atoms with Gasteiger partial charge in [0.2, 0.25) is 0 Å². The van der Waals surface area contributed by atoms with Crippen molar-refractivity contribution >= 4 is 17.1 Å². The van der Waals surface area contributed by atoms with Gasteiger partial charge in [0.25, 0.3) is 17.1 Å². The molecule has 3 rings (SSSR count). The van der Waals surface area contributed by atoms with Crippen molar-refractivity contribution in [1.82, 2.24) is 19.9 Å². The minimum Gasteiger partial charge on any atom is -0.286 e. The van der Waals surface area contributed by atoms with E-state index in [9.17, 15) is 30.3 Å². The van der Waals surface area contributed by atoms with Gasteiger partial charge in [0.05, 0.1) is 31.9 Å². The van der Waals surface area contributed by atoms with Crippen LogP contribution in [-0.4, -0.2) is 34.6 Å². The molecule has 0 fully saturated rings. The smallest absolute Gasteiger partial charge is 0.272 e. The first kappa shape index (κ1) is 21.3. The minimum atomic E-state index is -0.542. The number of aromatic nitrogens is 3. The predicted octanol–water partition coefficient (Wildman–Crippen LogP) is 2.80. The molecule has 0 atom stereocenters. The highest BCUT2D eigenvalue weighted by atomic mass is 16.6. The maximum absolute atomic E-state index is 11.0. The molecule has 0 N–H and O–H groups in total. The third kappa shape index (κ3) is 5.80. The normalized spacial score (nSPS) is 10.7. The molecule has 0 saturated carbocycles. The maximum atomic E-state index is 11.0. The Hall–Kier alpha value is -4.39. The van der Waals surface area contributed by atoms with Crippen LogP contribution in [0.5, 0.6) is 0 Å². The molecule has 0 aliphatic rings. The maximum Gasteiger partial charge on any atom is 0.272 e. The van der Waals surface area contributed by atoms with Crippen LogP contribution in [-0.2, 0) is 19.6 Å². The Bertz CT molecular complexity index is 998. The molecule has 13 nitrogen and oxygen atoms in total. The summed E-state index contributed by atoms with van der Waals surface area (Å²) >= 11 is 0. The van der Waals surface area contributed by atoms with E-state index in [2.05, 4.69) is 15.0 Å². The number of pyridine rings is 3. The molecule has 0 bridgehead atoms. The molecule has 0 radical (unpaired) electrons. The van der Waals surface area contributed by atoms with Gasteiger partial charge in [-0.25, -0.2) is 0 Å². The summed E-state index contributed by atoms with van der Waals surface area (Å²) in [5, 5.41) is 33.1. The minimum absolute atomic E-state index is 0.121. The van der Waals surface area contributed by atoms with Gasteiger partial charge in [-0.1, -0.05) is 0 Å². The number of nitrogens with zero attached hydrogens (tertiary/aromatic N) is 7. The van der Waals surface area contributed by atoms with Crippen molar-refractivity contribution in [2.24, 2.45) is 0 Å². The molecule has 3 aromatic heterocycles. The molecule has 0 saturated heterocycles. The largest absolute Gasteiger partial charge is 0.286 e. The molecule has 0 aliphatic carbocycles. The monoisotopic (exact) mass is 425 g/mol. The van der Waals surface area contributed by atoms with E-state index in [4.69, 9.17) is 0 Å². The van der Waals surface area contributed by atoms with Gasteiger partial charge in [-0.05, 0) is 0 Å². The fourth-order valence-corrected chi connectivity index (χ4v) is 2.85. The van der Waals surface area contributed by atoms with Crippen molar-refractivity contribution in [3.63, 3.8) is 0 Å². The van der Waals surface area contributed by atoms with E-state index in [1.807, 2.05) is 0 Å². The predicted molar refractivity (Wildman–Crippen MR) is 106 cm³/mol.